The van der Waals surface area contributed by atoms with Gasteiger partial charge in [0, 0.05) is 17.8 Å². The summed E-state index contributed by atoms with van der Waals surface area (Å²) in [4.78, 5) is 4.42. The standard InChI is InChI=1S/C17H25N5/c1-4-5-11-19-17(18)20-12-16-13(2)21-22(14(16)3)15-9-7-6-8-10-15/h6-10H,4-5,11-12H2,1-3H3,(H3,18,19,20). The van der Waals surface area contributed by atoms with Crippen LogP contribution in [-0.2, 0) is 6.54 Å². The number of rotatable bonds is 6. The molecule has 0 aliphatic carbocycles. The van der Waals surface area contributed by atoms with Gasteiger partial charge in [0.15, 0.2) is 5.96 Å². The average molecular weight is 299 g/mol. The van der Waals surface area contributed by atoms with Crippen LogP contribution in [0.2, 0.25) is 0 Å². The summed E-state index contributed by atoms with van der Waals surface area (Å²) in [6, 6.07) is 10.1. The van der Waals surface area contributed by atoms with Gasteiger partial charge in [0.2, 0.25) is 0 Å². The van der Waals surface area contributed by atoms with Gasteiger partial charge in [-0.2, -0.15) is 5.10 Å². The molecule has 2 rings (SSSR count). The normalized spacial score (nSPS) is 11.7. The van der Waals surface area contributed by atoms with Crippen LogP contribution in [0.4, 0.5) is 0 Å². The molecule has 1 heterocycles. The van der Waals surface area contributed by atoms with Crippen molar-refractivity contribution in [1.29, 1.82) is 0 Å². The van der Waals surface area contributed by atoms with Gasteiger partial charge in [0.1, 0.15) is 0 Å². The molecule has 0 unspecified atom stereocenters. The largest absolute Gasteiger partial charge is 0.370 e. The van der Waals surface area contributed by atoms with Crippen molar-refractivity contribution in [3.05, 3.63) is 47.3 Å². The second-order valence-electron chi connectivity index (χ2n) is 5.38. The molecule has 0 atom stereocenters. The minimum absolute atomic E-state index is 0.500. The van der Waals surface area contributed by atoms with E-state index in [2.05, 4.69) is 29.3 Å². The maximum atomic E-state index is 5.89. The average Bonchev–Trinajstić information content (AvgIpc) is 2.81. The van der Waals surface area contributed by atoms with Crippen LogP contribution in [0.3, 0.4) is 0 Å². The van der Waals surface area contributed by atoms with E-state index in [0.717, 1.165) is 42.0 Å². The highest BCUT2D eigenvalue weighted by atomic mass is 15.3. The van der Waals surface area contributed by atoms with Crippen LogP contribution in [-0.4, -0.2) is 22.3 Å². The van der Waals surface area contributed by atoms with Crippen LogP contribution < -0.4 is 11.1 Å². The summed E-state index contributed by atoms with van der Waals surface area (Å²) in [6.07, 6.45) is 2.24. The van der Waals surface area contributed by atoms with Gasteiger partial charge in [-0.3, -0.25) is 0 Å². The van der Waals surface area contributed by atoms with Gasteiger partial charge >= 0.3 is 0 Å². The van der Waals surface area contributed by atoms with E-state index in [0.29, 0.717) is 12.5 Å². The highest BCUT2D eigenvalue weighted by Gasteiger charge is 2.12. The molecule has 1 aromatic heterocycles. The molecule has 3 N–H and O–H groups in total. The summed E-state index contributed by atoms with van der Waals surface area (Å²) in [7, 11) is 0. The summed E-state index contributed by atoms with van der Waals surface area (Å²) in [6.45, 7) is 7.65. The van der Waals surface area contributed by atoms with E-state index >= 15 is 0 Å². The summed E-state index contributed by atoms with van der Waals surface area (Å²) in [5.74, 6) is 0.500. The Kier molecular flexibility index (Phi) is 5.58. The van der Waals surface area contributed by atoms with Crippen LogP contribution in [0.25, 0.3) is 5.69 Å². The predicted molar refractivity (Wildman–Crippen MR) is 91.3 cm³/mol. The number of benzene rings is 1. The molecule has 0 saturated heterocycles. The third-order valence-electron chi connectivity index (χ3n) is 3.69. The Morgan fingerprint density at radius 2 is 2.00 bits per heavy atom. The van der Waals surface area contributed by atoms with Crippen molar-refractivity contribution in [2.45, 2.75) is 40.2 Å². The Morgan fingerprint density at radius 1 is 1.27 bits per heavy atom. The van der Waals surface area contributed by atoms with Crippen molar-refractivity contribution in [3.8, 4) is 5.69 Å². The molecule has 0 aliphatic heterocycles. The third-order valence-corrected chi connectivity index (χ3v) is 3.69. The Bertz CT molecular complexity index is 628. The lowest BCUT2D eigenvalue weighted by Gasteiger charge is -2.06. The number of guanidine groups is 1. The first-order valence-electron chi connectivity index (χ1n) is 7.77. The highest BCUT2D eigenvalue weighted by Crippen LogP contribution is 2.18. The molecule has 5 heteroatoms. The Morgan fingerprint density at radius 3 is 2.68 bits per heavy atom. The van der Waals surface area contributed by atoms with Gasteiger partial charge in [-0.1, -0.05) is 31.5 Å². The molecule has 2 aromatic rings. The zero-order valence-corrected chi connectivity index (χ0v) is 13.6. The summed E-state index contributed by atoms with van der Waals surface area (Å²) < 4.78 is 1.96. The first-order chi connectivity index (χ1) is 10.6. The lowest BCUT2D eigenvalue weighted by Crippen LogP contribution is -2.32. The van der Waals surface area contributed by atoms with Gasteiger partial charge in [0.05, 0.1) is 17.9 Å². The van der Waals surface area contributed by atoms with Crippen molar-refractivity contribution in [1.82, 2.24) is 15.1 Å². The van der Waals surface area contributed by atoms with E-state index in [1.807, 2.05) is 41.9 Å². The van der Waals surface area contributed by atoms with Crippen molar-refractivity contribution >= 4 is 5.96 Å². The fourth-order valence-electron chi connectivity index (χ4n) is 2.34. The number of nitrogens with one attached hydrogen (secondary N) is 1. The highest BCUT2D eigenvalue weighted by molar-refractivity contribution is 5.77. The van der Waals surface area contributed by atoms with Crippen LogP contribution in [0.15, 0.2) is 35.3 Å². The monoisotopic (exact) mass is 299 g/mol. The lowest BCUT2D eigenvalue weighted by molar-refractivity contribution is 0.748. The maximum Gasteiger partial charge on any atom is 0.188 e. The molecular formula is C17H25N5. The van der Waals surface area contributed by atoms with E-state index in [1.165, 1.54) is 0 Å². The summed E-state index contributed by atoms with van der Waals surface area (Å²) >= 11 is 0. The molecule has 22 heavy (non-hydrogen) atoms. The molecule has 0 saturated carbocycles. The van der Waals surface area contributed by atoms with Crippen LogP contribution in [0.1, 0.15) is 36.7 Å². The SMILES string of the molecule is CCCCNC(N)=NCc1c(C)nn(-c2ccccc2)c1C. The maximum absolute atomic E-state index is 5.89. The van der Waals surface area contributed by atoms with Gasteiger partial charge in [0.25, 0.3) is 0 Å². The van der Waals surface area contributed by atoms with E-state index in [4.69, 9.17) is 5.73 Å². The molecule has 118 valence electrons. The molecule has 1 aromatic carbocycles. The fraction of sp³-hybridized carbons (Fsp3) is 0.412. The molecule has 0 radical (unpaired) electrons. The summed E-state index contributed by atoms with van der Waals surface area (Å²) in [5.41, 5.74) is 10.2. The Labute approximate surface area is 132 Å². The van der Waals surface area contributed by atoms with Crippen molar-refractivity contribution in [2.75, 3.05) is 6.54 Å². The van der Waals surface area contributed by atoms with Crippen molar-refractivity contribution in [3.63, 3.8) is 0 Å². The fourth-order valence-corrected chi connectivity index (χ4v) is 2.34. The zero-order chi connectivity index (χ0) is 15.9. The van der Waals surface area contributed by atoms with E-state index in [-0.39, 0.29) is 0 Å². The minimum Gasteiger partial charge on any atom is -0.370 e. The molecule has 0 amide bonds. The van der Waals surface area contributed by atoms with Gasteiger partial charge in [-0.15, -0.1) is 0 Å². The number of nitrogens with two attached hydrogens (primary N) is 1. The molecular weight excluding hydrogens is 274 g/mol. The number of hydrogen-bond donors (Lipinski definition) is 2. The predicted octanol–water partition coefficient (Wildman–Crippen LogP) is 2.69. The molecule has 5 nitrogen and oxygen atoms in total. The van der Waals surface area contributed by atoms with Gasteiger partial charge in [-0.25, -0.2) is 9.67 Å². The molecule has 0 fully saturated rings. The number of para-hydroxylation sites is 1. The Balaban J connectivity index is 2.12. The second kappa shape index (κ2) is 7.64. The van der Waals surface area contributed by atoms with E-state index < -0.39 is 0 Å². The van der Waals surface area contributed by atoms with Crippen molar-refractivity contribution in [2.24, 2.45) is 10.7 Å². The Hall–Kier alpha value is -2.30. The number of aliphatic imine (C=N–C) groups is 1. The second-order valence-corrected chi connectivity index (χ2v) is 5.38. The van der Waals surface area contributed by atoms with Crippen LogP contribution >= 0.6 is 0 Å². The van der Waals surface area contributed by atoms with Crippen LogP contribution in [0, 0.1) is 13.8 Å². The van der Waals surface area contributed by atoms with Gasteiger partial charge in [-0.05, 0) is 32.4 Å². The zero-order valence-electron chi connectivity index (χ0n) is 13.6. The smallest absolute Gasteiger partial charge is 0.188 e. The first kappa shape index (κ1) is 16.1. The number of aromatic nitrogens is 2. The van der Waals surface area contributed by atoms with E-state index in [1.54, 1.807) is 0 Å². The number of aryl methyl sites for hydroxylation is 1. The lowest BCUT2D eigenvalue weighted by atomic mass is 10.2. The molecule has 0 aliphatic rings. The van der Waals surface area contributed by atoms with Gasteiger partial charge < -0.3 is 11.1 Å². The topological polar surface area (TPSA) is 68.2 Å². The number of unbranched alkanes of at least 4 members (excludes halogenated alkanes) is 1. The first-order valence-corrected chi connectivity index (χ1v) is 7.77. The van der Waals surface area contributed by atoms with Crippen molar-refractivity contribution < 1.29 is 0 Å². The quantitative estimate of drug-likeness (QED) is 0.489. The van der Waals surface area contributed by atoms with E-state index in [9.17, 15) is 0 Å². The number of nitrogens with zero attached hydrogens (tertiary/aromatic N) is 3. The summed E-state index contributed by atoms with van der Waals surface area (Å²) in [5, 5.41) is 7.75. The molecule has 0 bridgehead atoms. The third kappa shape index (κ3) is 3.87. The number of hydrogen-bond acceptors (Lipinski definition) is 2. The van der Waals surface area contributed by atoms with Crippen LogP contribution in [0.5, 0.6) is 0 Å². The molecule has 0 spiro atoms. The minimum atomic E-state index is 0.500.